The van der Waals surface area contributed by atoms with Gasteiger partial charge >= 0.3 is 0 Å². The van der Waals surface area contributed by atoms with Crippen molar-refractivity contribution in [2.75, 3.05) is 7.11 Å². The molecular weight excluding hydrogens is 372 g/mol. The van der Waals surface area contributed by atoms with E-state index in [-0.39, 0.29) is 11.5 Å². The van der Waals surface area contributed by atoms with Crippen LogP contribution in [0.2, 0.25) is 19.6 Å². The summed E-state index contributed by atoms with van der Waals surface area (Å²) in [5.41, 5.74) is 4.43. The SMILES string of the molecule is COc1ccc(C2=C([Si](C)(C)C)C[C@@]3(C)C(=C2)C[C@@H](O)[C@@H]2CC(C)CC[C@H]23)cc1. The second-order valence-electron chi connectivity index (χ2n) is 11.1. The van der Waals surface area contributed by atoms with E-state index in [0.29, 0.717) is 11.8 Å². The van der Waals surface area contributed by atoms with Crippen LogP contribution >= 0.6 is 0 Å². The molecule has 2 nitrogen and oxygen atoms in total. The lowest BCUT2D eigenvalue weighted by molar-refractivity contribution is -0.0400. The average molecular weight is 411 g/mol. The highest BCUT2D eigenvalue weighted by Gasteiger charge is 2.52. The summed E-state index contributed by atoms with van der Waals surface area (Å²) in [5.74, 6) is 2.76. The molecule has 158 valence electrons. The molecule has 1 unspecified atom stereocenters. The van der Waals surface area contributed by atoms with Crippen molar-refractivity contribution in [2.45, 2.75) is 71.7 Å². The van der Waals surface area contributed by atoms with E-state index in [1.807, 2.05) is 0 Å². The molecule has 0 bridgehead atoms. The van der Waals surface area contributed by atoms with Crippen LogP contribution in [-0.2, 0) is 0 Å². The second-order valence-corrected chi connectivity index (χ2v) is 16.2. The van der Waals surface area contributed by atoms with Gasteiger partial charge in [-0.3, -0.25) is 0 Å². The molecule has 3 aliphatic carbocycles. The lowest BCUT2D eigenvalue weighted by Crippen LogP contribution is -2.50. The monoisotopic (exact) mass is 410 g/mol. The minimum Gasteiger partial charge on any atom is -0.497 e. The van der Waals surface area contributed by atoms with Gasteiger partial charge in [-0.25, -0.2) is 0 Å². The van der Waals surface area contributed by atoms with E-state index in [0.717, 1.165) is 18.1 Å². The first kappa shape index (κ1) is 20.9. The summed E-state index contributed by atoms with van der Waals surface area (Å²) >= 11 is 0. The Morgan fingerprint density at radius 3 is 2.41 bits per heavy atom. The predicted molar refractivity (Wildman–Crippen MR) is 125 cm³/mol. The van der Waals surface area contributed by atoms with Crippen LogP contribution in [0.5, 0.6) is 5.75 Å². The Hall–Kier alpha value is -1.32. The van der Waals surface area contributed by atoms with Crippen LogP contribution < -0.4 is 4.74 Å². The molecule has 0 radical (unpaired) electrons. The molecule has 0 heterocycles. The van der Waals surface area contributed by atoms with E-state index in [9.17, 15) is 5.11 Å². The number of rotatable bonds is 3. The van der Waals surface area contributed by atoms with Gasteiger partial charge in [-0.15, -0.1) is 0 Å². The van der Waals surface area contributed by atoms with Crippen molar-refractivity contribution in [2.24, 2.45) is 23.2 Å². The van der Waals surface area contributed by atoms with Gasteiger partial charge in [0.25, 0.3) is 0 Å². The van der Waals surface area contributed by atoms with Crippen LogP contribution in [0.1, 0.15) is 51.5 Å². The quantitative estimate of drug-likeness (QED) is 0.578. The third kappa shape index (κ3) is 3.65. The average Bonchev–Trinajstić information content (AvgIpc) is 2.67. The summed E-state index contributed by atoms with van der Waals surface area (Å²) in [6, 6.07) is 8.56. The zero-order valence-electron chi connectivity index (χ0n) is 19.1. The molecule has 3 aliphatic rings. The number of hydrogen-bond donors (Lipinski definition) is 1. The molecule has 1 aromatic rings. The number of aliphatic hydroxyl groups is 1. The van der Waals surface area contributed by atoms with E-state index in [1.54, 1.807) is 12.3 Å². The largest absolute Gasteiger partial charge is 0.497 e. The van der Waals surface area contributed by atoms with Crippen molar-refractivity contribution in [1.29, 1.82) is 0 Å². The van der Waals surface area contributed by atoms with Gasteiger partial charge in [-0.2, -0.15) is 0 Å². The molecule has 2 saturated carbocycles. The number of methoxy groups -OCH3 is 1. The molecule has 5 atom stereocenters. The van der Waals surface area contributed by atoms with Crippen molar-refractivity contribution in [3.8, 4) is 5.75 Å². The summed E-state index contributed by atoms with van der Waals surface area (Å²) in [4.78, 5) is 0. The maximum atomic E-state index is 11.1. The Labute approximate surface area is 178 Å². The van der Waals surface area contributed by atoms with Crippen LogP contribution in [0.25, 0.3) is 5.57 Å². The number of hydrogen-bond acceptors (Lipinski definition) is 2. The van der Waals surface area contributed by atoms with Crippen molar-refractivity contribution in [3.05, 3.63) is 46.7 Å². The highest BCUT2D eigenvalue weighted by Crippen LogP contribution is 2.60. The number of ether oxygens (including phenoxy) is 1. The maximum absolute atomic E-state index is 11.1. The standard InChI is InChI=1S/C26H38O2Si/c1-17-7-12-23-22(13-17)24(27)15-19-14-21(18-8-10-20(28-3)11-9-18)25(29(4,5)6)16-26(19,23)2/h8-11,14,17,22-24,27H,7,12-13,15-16H2,1-6H3/t17?,22-,23-,24-,26+/m1/s1. The summed E-state index contributed by atoms with van der Waals surface area (Å²) in [7, 11) is 0.230. The highest BCUT2D eigenvalue weighted by atomic mass is 28.3. The molecule has 4 rings (SSSR count). The molecular formula is C26H38O2Si. The molecule has 0 aliphatic heterocycles. The van der Waals surface area contributed by atoms with Crippen LogP contribution in [0, 0.1) is 23.2 Å². The van der Waals surface area contributed by atoms with E-state index in [4.69, 9.17) is 4.74 Å². The second kappa shape index (κ2) is 7.42. The number of allylic oxidation sites excluding steroid dienone is 3. The van der Waals surface area contributed by atoms with Gasteiger partial charge in [0.15, 0.2) is 0 Å². The summed E-state index contributed by atoms with van der Waals surface area (Å²) in [6.07, 6.45) is 8.12. The topological polar surface area (TPSA) is 29.5 Å². The maximum Gasteiger partial charge on any atom is 0.118 e. The molecule has 0 aromatic heterocycles. The molecule has 3 heteroatoms. The van der Waals surface area contributed by atoms with Gasteiger partial charge in [-0.1, -0.05) is 68.9 Å². The van der Waals surface area contributed by atoms with Crippen molar-refractivity contribution in [3.63, 3.8) is 0 Å². The Bertz CT molecular complexity index is 829. The normalized spacial score (nSPS) is 34.9. The van der Waals surface area contributed by atoms with Gasteiger partial charge in [0, 0.05) is 0 Å². The third-order valence-corrected chi connectivity index (χ3v) is 10.4. The molecule has 0 spiro atoms. The fourth-order valence-electron chi connectivity index (χ4n) is 6.38. The highest BCUT2D eigenvalue weighted by molar-refractivity contribution is 6.84. The summed E-state index contributed by atoms with van der Waals surface area (Å²) in [5, 5.41) is 12.8. The van der Waals surface area contributed by atoms with E-state index in [2.05, 4.69) is 63.8 Å². The van der Waals surface area contributed by atoms with Crippen molar-refractivity contribution in [1.82, 2.24) is 0 Å². The van der Waals surface area contributed by atoms with Gasteiger partial charge < -0.3 is 9.84 Å². The molecule has 29 heavy (non-hydrogen) atoms. The number of fused-ring (bicyclic) bond motifs is 3. The molecule has 1 aromatic carbocycles. The van der Waals surface area contributed by atoms with E-state index < -0.39 is 8.07 Å². The van der Waals surface area contributed by atoms with Crippen LogP contribution in [0.4, 0.5) is 0 Å². The van der Waals surface area contributed by atoms with Crippen molar-refractivity contribution >= 4 is 13.6 Å². The van der Waals surface area contributed by atoms with Gasteiger partial charge in [-0.05, 0) is 72.1 Å². The smallest absolute Gasteiger partial charge is 0.118 e. The molecule has 2 fully saturated rings. The Morgan fingerprint density at radius 1 is 1.10 bits per heavy atom. The van der Waals surface area contributed by atoms with Crippen molar-refractivity contribution < 1.29 is 9.84 Å². The Morgan fingerprint density at radius 2 is 1.79 bits per heavy atom. The predicted octanol–water partition coefficient (Wildman–Crippen LogP) is 6.48. The van der Waals surface area contributed by atoms with Crippen LogP contribution in [0.15, 0.2) is 41.1 Å². The third-order valence-electron chi connectivity index (χ3n) is 8.13. The molecule has 0 saturated heterocycles. The molecule has 0 amide bonds. The van der Waals surface area contributed by atoms with E-state index in [1.165, 1.54) is 42.4 Å². The minimum absolute atomic E-state index is 0.173. The number of aliphatic hydroxyl groups excluding tert-OH is 1. The first-order valence-electron chi connectivity index (χ1n) is 11.4. The van der Waals surface area contributed by atoms with Gasteiger partial charge in [0.2, 0.25) is 0 Å². The first-order chi connectivity index (χ1) is 13.6. The lowest BCUT2D eigenvalue weighted by Gasteiger charge is -2.55. The fourth-order valence-corrected chi connectivity index (χ4v) is 8.30. The van der Waals surface area contributed by atoms with Gasteiger partial charge in [0.05, 0.1) is 21.3 Å². The molecule has 1 N–H and O–H groups in total. The fraction of sp³-hybridized carbons (Fsp3) is 0.615. The zero-order chi connectivity index (χ0) is 21.0. The van der Waals surface area contributed by atoms with Crippen LogP contribution in [-0.4, -0.2) is 26.4 Å². The lowest BCUT2D eigenvalue weighted by atomic mass is 9.51. The minimum atomic E-state index is -1.49. The van der Waals surface area contributed by atoms with E-state index >= 15 is 0 Å². The van der Waals surface area contributed by atoms with Gasteiger partial charge in [0.1, 0.15) is 5.75 Å². The summed E-state index contributed by atoms with van der Waals surface area (Å²) < 4.78 is 5.38. The summed E-state index contributed by atoms with van der Waals surface area (Å²) in [6.45, 7) is 12.4. The Kier molecular flexibility index (Phi) is 5.36. The number of benzene rings is 1. The van der Waals surface area contributed by atoms with Crippen LogP contribution in [0.3, 0.4) is 0 Å². The first-order valence-corrected chi connectivity index (χ1v) is 14.9. The Balaban J connectivity index is 1.80. The zero-order valence-corrected chi connectivity index (χ0v) is 20.1.